The minimum atomic E-state index is -3.86. The van der Waals surface area contributed by atoms with Gasteiger partial charge in [0.25, 0.3) is 10.0 Å². The first-order valence-electron chi connectivity index (χ1n) is 9.79. The second kappa shape index (κ2) is 7.66. The van der Waals surface area contributed by atoms with Gasteiger partial charge in [-0.1, -0.05) is 29.8 Å². The molecule has 2 aromatic carbocycles. The van der Waals surface area contributed by atoms with Gasteiger partial charge in [-0.05, 0) is 50.1 Å². The summed E-state index contributed by atoms with van der Waals surface area (Å²) in [4.78, 5) is 24.5. The zero-order valence-corrected chi connectivity index (χ0v) is 18.2. The van der Waals surface area contributed by atoms with E-state index in [0.717, 1.165) is 5.56 Å². The molecule has 1 aromatic heterocycles. The molecule has 2 heterocycles. The number of carbonyl (C=O) groups is 2. The molecule has 3 aromatic rings. The number of hydrogen-bond donors (Lipinski definition) is 2. The number of aromatic nitrogens is 2. The van der Waals surface area contributed by atoms with E-state index in [4.69, 9.17) is 0 Å². The van der Waals surface area contributed by atoms with Gasteiger partial charge in [-0.15, -0.1) is 0 Å². The van der Waals surface area contributed by atoms with Crippen LogP contribution in [0.5, 0.6) is 0 Å². The number of rotatable bonds is 4. The summed E-state index contributed by atoms with van der Waals surface area (Å²) >= 11 is 0. The number of anilines is 2. The van der Waals surface area contributed by atoms with Crippen molar-refractivity contribution in [3.8, 4) is 11.1 Å². The van der Waals surface area contributed by atoms with Crippen molar-refractivity contribution >= 4 is 33.3 Å². The average Bonchev–Trinajstić information content (AvgIpc) is 2.96. The van der Waals surface area contributed by atoms with Crippen molar-refractivity contribution < 1.29 is 18.0 Å². The molecule has 0 aliphatic carbocycles. The van der Waals surface area contributed by atoms with Crippen LogP contribution in [0, 0.1) is 20.8 Å². The molecule has 1 aliphatic heterocycles. The number of nitrogens with one attached hydrogen (secondary N) is 2. The summed E-state index contributed by atoms with van der Waals surface area (Å²) in [6.07, 6.45) is 0.141. The fraction of sp³-hybridized carbons (Fsp3) is 0.227. The molecule has 0 saturated carbocycles. The smallest absolute Gasteiger partial charge is 0.262 e. The number of sulfonamides is 1. The van der Waals surface area contributed by atoms with E-state index in [0.29, 0.717) is 28.1 Å². The van der Waals surface area contributed by atoms with Crippen molar-refractivity contribution in [3.05, 3.63) is 59.3 Å². The van der Waals surface area contributed by atoms with Crippen LogP contribution >= 0.6 is 0 Å². The molecule has 0 radical (unpaired) electrons. The SMILES string of the molecule is Cc1ccc(NS(=O)(=O)c2cc(-c3c(C)nn4c3NC(=O)CCC4=O)ccc2C)cc1. The predicted molar refractivity (Wildman–Crippen MR) is 118 cm³/mol. The Morgan fingerprint density at radius 3 is 2.42 bits per heavy atom. The Morgan fingerprint density at radius 1 is 1.00 bits per heavy atom. The number of carbonyl (C=O) groups excluding carboxylic acids is 2. The minimum absolute atomic E-state index is 0.0629. The van der Waals surface area contributed by atoms with Gasteiger partial charge in [-0.2, -0.15) is 9.78 Å². The third-order valence-corrected chi connectivity index (χ3v) is 6.71. The molecule has 160 valence electrons. The highest BCUT2D eigenvalue weighted by molar-refractivity contribution is 7.92. The van der Waals surface area contributed by atoms with E-state index < -0.39 is 10.0 Å². The van der Waals surface area contributed by atoms with Crippen LogP contribution in [-0.2, 0) is 14.8 Å². The molecule has 0 saturated heterocycles. The zero-order valence-electron chi connectivity index (χ0n) is 17.4. The van der Waals surface area contributed by atoms with Crippen molar-refractivity contribution in [2.24, 2.45) is 0 Å². The van der Waals surface area contributed by atoms with Crippen molar-refractivity contribution in [1.82, 2.24) is 9.78 Å². The lowest BCUT2D eigenvalue weighted by Gasteiger charge is -2.13. The largest absolute Gasteiger partial charge is 0.310 e. The van der Waals surface area contributed by atoms with Crippen LogP contribution in [-0.4, -0.2) is 30.0 Å². The van der Waals surface area contributed by atoms with Crippen molar-refractivity contribution in [2.75, 3.05) is 10.0 Å². The predicted octanol–water partition coefficient (Wildman–Crippen LogP) is 3.65. The Morgan fingerprint density at radius 2 is 1.71 bits per heavy atom. The maximum atomic E-state index is 13.1. The molecule has 2 N–H and O–H groups in total. The molecule has 1 aliphatic rings. The first kappa shape index (κ1) is 20.8. The van der Waals surface area contributed by atoms with E-state index in [9.17, 15) is 18.0 Å². The lowest BCUT2D eigenvalue weighted by Crippen LogP contribution is -2.15. The van der Waals surface area contributed by atoms with Gasteiger partial charge in [0.1, 0.15) is 5.82 Å². The molecule has 0 atom stereocenters. The van der Waals surface area contributed by atoms with Gasteiger partial charge in [0.05, 0.1) is 10.6 Å². The summed E-state index contributed by atoms with van der Waals surface area (Å²) in [5, 5.41) is 7.01. The lowest BCUT2D eigenvalue weighted by atomic mass is 10.0. The van der Waals surface area contributed by atoms with Crippen LogP contribution in [0.2, 0.25) is 0 Å². The first-order chi connectivity index (χ1) is 14.7. The number of hydrogen-bond acceptors (Lipinski definition) is 5. The standard InChI is InChI=1S/C22H22N4O4S/c1-13-4-8-17(9-5-13)25-31(29,30)18-12-16(7-6-14(18)2)21-15(3)24-26-20(28)11-10-19(27)23-22(21)26/h4-9,12,25H,10-11H2,1-3H3,(H,23,27). The van der Waals surface area contributed by atoms with Gasteiger partial charge in [0, 0.05) is 24.1 Å². The Hall–Kier alpha value is -3.46. The Kier molecular flexibility index (Phi) is 5.14. The van der Waals surface area contributed by atoms with Gasteiger partial charge in [-0.3, -0.25) is 14.3 Å². The van der Waals surface area contributed by atoms with Crippen LogP contribution in [0.4, 0.5) is 11.5 Å². The molecule has 31 heavy (non-hydrogen) atoms. The summed E-state index contributed by atoms with van der Waals surface area (Å²) in [6.45, 7) is 5.35. The van der Waals surface area contributed by atoms with Gasteiger partial charge >= 0.3 is 0 Å². The normalized spacial score (nSPS) is 14.0. The van der Waals surface area contributed by atoms with Gasteiger partial charge < -0.3 is 5.32 Å². The summed E-state index contributed by atoms with van der Waals surface area (Å²) in [5.41, 5.74) is 3.64. The second-order valence-corrected chi connectivity index (χ2v) is 9.27. The molecule has 0 bridgehead atoms. The van der Waals surface area contributed by atoms with Crippen LogP contribution in [0.1, 0.15) is 34.5 Å². The molecule has 1 amide bonds. The molecular weight excluding hydrogens is 416 g/mol. The highest BCUT2D eigenvalue weighted by Crippen LogP contribution is 2.35. The number of nitrogens with zero attached hydrogens (tertiary/aromatic N) is 2. The zero-order chi connectivity index (χ0) is 22.3. The van der Waals surface area contributed by atoms with E-state index in [1.54, 1.807) is 38.1 Å². The first-order valence-corrected chi connectivity index (χ1v) is 11.3. The van der Waals surface area contributed by atoms with E-state index in [1.165, 1.54) is 10.7 Å². The topological polar surface area (TPSA) is 110 Å². The summed E-state index contributed by atoms with van der Waals surface area (Å²) < 4.78 is 30.0. The van der Waals surface area contributed by atoms with Crippen molar-refractivity contribution in [1.29, 1.82) is 0 Å². The fourth-order valence-electron chi connectivity index (χ4n) is 3.57. The van der Waals surface area contributed by atoms with Crippen molar-refractivity contribution in [2.45, 2.75) is 38.5 Å². The molecule has 8 nitrogen and oxygen atoms in total. The summed E-state index contributed by atoms with van der Waals surface area (Å²) in [6, 6.07) is 12.1. The Bertz CT molecular complexity index is 1310. The Labute approximate surface area is 180 Å². The van der Waals surface area contributed by atoms with E-state index >= 15 is 0 Å². The highest BCUT2D eigenvalue weighted by atomic mass is 32.2. The number of amides is 1. The minimum Gasteiger partial charge on any atom is -0.310 e. The van der Waals surface area contributed by atoms with E-state index in [1.807, 2.05) is 19.1 Å². The molecule has 4 rings (SSSR count). The van der Waals surface area contributed by atoms with Crippen LogP contribution in [0.15, 0.2) is 47.4 Å². The quantitative estimate of drug-likeness (QED) is 0.646. The lowest BCUT2D eigenvalue weighted by molar-refractivity contribution is -0.116. The highest BCUT2D eigenvalue weighted by Gasteiger charge is 2.27. The maximum absolute atomic E-state index is 13.1. The second-order valence-electron chi connectivity index (χ2n) is 7.61. The number of aryl methyl sites for hydroxylation is 3. The average molecular weight is 439 g/mol. The number of benzene rings is 2. The molecule has 9 heteroatoms. The van der Waals surface area contributed by atoms with Crippen LogP contribution in [0.25, 0.3) is 11.1 Å². The van der Waals surface area contributed by atoms with E-state index in [2.05, 4.69) is 15.1 Å². The molecular formula is C22H22N4O4S. The monoisotopic (exact) mass is 438 g/mol. The molecule has 0 spiro atoms. The molecule has 0 fully saturated rings. The summed E-state index contributed by atoms with van der Waals surface area (Å²) in [7, 11) is -3.86. The fourth-order valence-corrected chi connectivity index (χ4v) is 4.90. The van der Waals surface area contributed by atoms with Crippen LogP contribution < -0.4 is 10.0 Å². The van der Waals surface area contributed by atoms with E-state index in [-0.39, 0.29) is 35.4 Å². The Balaban J connectivity index is 1.80. The molecule has 0 unspecified atom stereocenters. The van der Waals surface area contributed by atoms with Crippen molar-refractivity contribution in [3.63, 3.8) is 0 Å². The maximum Gasteiger partial charge on any atom is 0.262 e. The van der Waals surface area contributed by atoms with Gasteiger partial charge in [0.2, 0.25) is 11.8 Å². The van der Waals surface area contributed by atoms with Gasteiger partial charge in [-0.25, -0.2) is 8.42 Å². The van der Waals surface area contributed by atoms with Gasteiger partial charge in [0.15, 0.2) is 0 Å². The number of fused-ring (bicyclic) bond motifs is 1. The summed E-state index contributed by atoms with van der Waals surface area (Å²) in [5.74, 6) is -0.304. The van der Waals surface area contributed by atoms with Crippen LogP contribution in [0.3, 0.4) is 0 Å². The third kappa shape index (κ3) is 3.96. The third-order valence-electron chi connectivity index (χ3n) is 5.19.